The third-order valence-corrected chi connectivity index (χ3v) is 4.87. The summed E-state index contributed by atoms with van der Waals surface area (Å²) in [5.41, 5.74) is 2.27. The van der Waals surface area contributed by atoms with Crippen molar-refractivity contribution in [2.24, 2.45) is 4.99 Å². The molecule has 0 aromatic heterocycles. The minimum absolute atomic E-state index is 0.207. The van der Waals surface area contributed by atoms with Crippen LogP contribution in [0.2, 0.25) is 0 Å². The molecule has 1 aliphatic rings. The highest BCUT2D eigenvalue weighted by Gasteiger charge is 2.41. The molecule has 24 heavy (non-hydrogen) atoms. The molecule has 1 aromatic carbocycles. The van der Waals surface area contributed by atoms with Crippen LogP contribution in [-0.2, 0) is 0 Å². The van der Waals surface area contributed by atoms with Gasteiger partial charge < -0.3 is 15.3 Å². The average molecular weight is 333 g/mol. The highest BCUT2D eigenvalue weighted by molar-refractivity contribution is 5.84. The van der Waals surface area contributed by atoms with E-state index in [1.54, 1.807) is 0 Å². The SMILES string of the molecule is CCN(CC)c1ccc(C=NC2CC(C)(C)[NH2+]C(C)(C)C2)c(O)c1. The van der Waals surface area contributed by atoms with Crippen molar-refractivity contribution in [3.8, 4) is 5.75 Å². The summed E-state index contributed by atoms with van der Waals surface area (Å²) in [6.07, 6.45) is 3.97. The van der Waals surface area contributed by atoms with Crippen LogP contribution in [0.3, 0.4) is 0 Å². The summed E-state index contributed by atoms with van der Waals surface area (Å²) in [5.74, 6) is 0.309. The van der Waals surface area contributed by atoms with Gasteiger partial charge in [-0.1, -0.05) is 0 Å². The molecule has 1 saturated heterocycles. The third-order valence-electron chi connectivity index (χ3n) is 4.87. The fourth-order valence-corrected chi connectivity index (χ4v) is 4.18. The summed E-state index contributed by atoms with van der Waals surface area (Å²) in [6, 6.07) is 6.19. The Bertz CT molecular complexity index is 573. The Labute approximate surface area is 147 Å². The van der Waals surface area contributed by atoms with Gasteiger partial charge in [0.25, 0.3) is 0 Å². The molecule has 1 aliphatic heterocycles. The van der Waals surface area contributed by atoms with Gasteiger partial charge in [0.2, 0.25) is 0 Å². The highest BCUT2D eigenvalue weighted by atomic mass is 16.3. The number of phenols is 1. The van der Waals surface area contributed by atoms with E-state index in [1.165, 1.54) is 0 Å². The first-order valence-corrected chi connectivity index (χ1v) is 9.14. The van der Waals surface area contributed by atoms with Crippen LogP contribution < -0.4 is 10.2 Å². The van der Waals surface area contributed by atoms with Crippen molar-refractivity contribution in [3.05, 3.63) is 23.8 Å². The number of anilines is 1. The fraction of sp³-hybridized carbons (Fsp3) is 0.650. The smallest absolute Gasteiger partial charge is 0.126 e. The van der Waals surface area contributed by atoms with Crippen LogP contribution in [0.5, 0.6) is 5.75 Å². The maximum atomic E-state index is 10.3. The quantitative estimate of drug-likeness (QED) is 0.815. The monoisotopic (exact) mass is 332 g/mol. The number of aromatic hydroxyl groups is 1. The number of phenolic OH excluding ortho intramolecular Hbond substituents is 1. The zero-order valence-electron chi connectivity index (χ0n) is 16.1. The van der Waals surface area contributed by atoms with Gasteiger partial charge >= 0.3 is 0 Å². The fourth-order valence-electron chi connectivity index (χ4n) is 4.18. The predicted molar refractivity (Wildman–Crippen MR) is 102 cm³/mol. The molecular formula is C20H34N3O+. The van der Waals surface area contributed by atoms with Gasteiger partial charge in [0.05, 0.1) is 17.1 Å². The first-order chi connectivity index (χ1) is 11.2. The maximum Gasteiger partial charge on any atom is 0.126 e. The lowest BCUT2D eigenvalue weighted by Crippen LogP contribution is -3.05. The van der Waals surface area contributed by atoms with Crippen molar-refractivity contribution in [3.63, 3.8) is 0 Å². The lowest BCUT2D eigenvalue weighted by Gasteiger charge is -2.41. The van der Waals surface area contributed by atoms with Gasteiger partial charge in [0, 0.05) is 49.5 Å². The third kappa shape index (κ3) is 4.73. The Balaban J connectivity index is 2.14. The summed E-state index contributed by atoms with van der Waals surface area (Å²) in [5, 5.41) is 12.8. The van der Waals surface area contributed by atoms with E-state index in [2.05, 4.69) is 57.8 Å². The molecule has 1 fully saturated rings. The minimum Gasteiger partial charge on any atom is -0.507 e. The summed E-state index contributed by atoms with van der Waals surface area (Å²) < 4.78 is 0. The largest absolute Gasteiger partial charge is 0.507 e. The normalized spacial score (nSPS) is 20.4. The molecule has 134 valence electrons. The molecule has 3 N–H and O–H groups in total. The van der Waals surface area contributed by atoms with E-state index in [0.29, 0.717) is 11.8 Å². The van der Waals surface area contributed by atoms with Crippen molar-refractivity contribution in [2.45, 2.75) is 71.5 Å². The van der Waals surface area contributed by atoms with Gasteiger partial charge in [-0.05, 0) is 53.7 Å². The van der Waals surface area contributed by atoms with E-state index >= 15 is 0 Å². The van der Waals surface area contributed by atoms with Crippen molar-refractivity contribution in [2.75, 3.05) is 18.0 Å². The summed E-state index contributed by atoms with van der Waals surface area (Å²) >= 11 is 0. The van der Waals surface area contributed by atoms with E-state index in [1.807, 2.05) is 18.3 Å². The van der Waals surface area contributed by atoms with Crippen LogP contribution in [0.15, 0.2) is 23.2 Å². The van der Waals surface area contributed by atoms with E-state index in [9.17, 15) is 5.11 Å². The van der Waals surface area contributed by atoms with Gasteiger partial charge in [-0.25, -0.2) is 0 Å². The first kappa shape index (κ1) is 18.8. The maximum absolute atomic E-state index is 10.3. The Morgan fingerprint density at radius 2 is 1.75 bits per heavy atom. The van der Waals surface area contributed by atoms with E-state index in [0.717, 1.165) is 37.2 Å². The van der Waals surface area contributed by atoms with Gasteiger partial charge in [-0.3, -0.25) is 4.99 Å². The Morgan fingerprint density at radius 1 is 1.17 bits per heavy atom. The molecule has 1 aromatic rings. The molecule has 0 aliphatic carbocycles. The van der Waals surface area contributed by atoms with Gasteiger partial charge in [0.15, 0.2) is 0 Å². The summed E-state index contributed by atoms with van der Waals surface area (Å²) in [6.45, 7) is 15.3. The minimum atomic E-state index is 0.207. The number of nitrogens with two attached hydrogens (primary N) is 1. The molecule has 1 heterocycles. The van der Waals surface area contributed by atoms with E-state index in [-0.39, 0.29) is 11.1 Å². The number of hydrogen-bond acceptors (Lipinski definition) is 3. The number of nitrogens with zero attached hydrogens (tertiary/aromatic N) is 2. The summed E-state index contributed by atoms with van der Waals surface area (Å²) in [7, 11) is 0. The number of benzene rings is 1. The zero-order valence-corrected chi connectivity index (χ0v) is 16.1. The summed E-state index contributed by atoms with van der Waals surface area (Å²) in [4.78, 5) is 7.03. The Morgan fingerprint density at radius 3 is 2.25 bits per heavy atom. The highest BCUT2D eigenvalue weighted by Crippen LogP contribution is 2.26. The molecule has 4 heteroatoms. The van der Waals surface area contributed by atoms with Gasteiger partial charge in [0.1, 0.15) is 5.75 Å². The average Bonchev–Trinajstić information content (AvgIpc) is 2.44. The molecule has 0 saturated carbocycles. The van der Waals surface area contributed by atoms with Crippen molar-refractivity contribution < 1.29 is 10.4 Å². The molecule has 2 rings (SSSR count). The zero-order chi connectivity index (χ0) is 18.0. The van der Waals surface area contributed by atoms with Crippen LogP contribution in [0.1, 0.15) is 59.9 Å². The Hall–Kier alpha value is -1.55. The molecular weight excluding hydrogens is 298 g/mol. The number of rotatable bonds is 5. The van der Waals surface area contributed by atoms with Gasteiger partial charge in [-0.15, -0.1) is 0 Å². The second kappa shape index (κ2) is 7.14. The van der Waals surface area contributed by atoms with Crippen LogP contribution in [0.25, 0.3) is 0 Å². The van der Waals surface area contributed by atoms with Crippen LogP contribution in [0, 0.1) is 0 Å². The van der Waals surface area contributed by atoms with Crippen LogP contribution >= 0.6 is 0 Å². The lowest BCUT2D eigenvalue weighted by molar-refractivity contribution is -0.787. The molecule has 0 amide bonds. The number of piperidine rings is 1. The second-order valence-corrected chi connectivity index (χ2v) is 8.38. The molecule has 0 atom stereocenters. The molecule has 0 spiro atoms. The molecule has 0 bridgehead atoms. The van der Waals surface area contributed by atoms with E-state index in [4.69, 9.17) is 4.99 Å². The van der Waals surface area contributed by atoms with Crippen molar-refractivity contribution >= 4 is 11.9 Å². The van der Waals surface area contributed by atoms with Crippen molar-refractivity contribution in [1.82, 2.24) is 0 Å². The predicted octanol–water partition coefficient (Wildman–Crippen LogP) is 2.94. The van der Waals surface area contributed by atoms with Crippen molar-refractivity contribution in [1.29, 1.82) is 0 Å². The standard InChI is InChI=1S/C20H33N3O/c1-7-23(8-2)17-10-9-15(18(24)11-17)14-21-16-12-19(3,4)22-20(5,6)13-16/h9-11,14,16,22,24H,7-8,12-13H2,1-6H3/p+1. The molecule has 0 radical (unpaired) electrons. The van der Waals surface area contributed by atoms with Crippen LogP contribution in [0.4, 0.5) is 5.69 Å². The molecule has 0 unspecified atom stereocenters. The first-order valence-electron chi connectivity index (χ1n) is 9.14. The van der Waals surface area contributed by atoms with E-state index < -0.39 is 0 Å². The van der Waals surface area contributed by atoms with Gasteiger partial charge in [-0.2, -0.15) is 0 Å². The number of hydrogen-bond donors (Lipinski definition) is 2. The topological polar surface area (TPSA) is 52.4 Å². The Kier molecular flexibility index (Phi) is 5.59. The second-order valence-electron chi connectivity index (χ2n) is 8.38. The van der Waals surface area contributed by atoms with Crippen LogP contribution in [-0.4, -0.2) is 41.5 Å². The number of aliphatic imine (C=N–C) groups is 1. The lowest BCUT2D eigenvalue weighted by atomic mass is 9.80. The number of quaternary nitrogens is 1. The molecule has 4 nitrogen and oxygen atoms in total.